The molecular weight excluding hydrogens is 370 g/mol. The van der Waals surface area contributed by atoms with E-state index in [0.29, 0.717) is 5.69 Å². The third-order valence-electron chi connectivity index (χ3n) is 5.19. The molecule has 2 atom stereocenters. The number of aliphatic hydroxyl groups excluding tert-OH is 2. The number of hydrogen-bond acceptors (Lipinski definition) is 5. The number of nitrogens with zero attached hydrogens (tertiary/aromatic N) is 2. The number of imidazole rings is 1. The Balaban J connectivity index is 1.34. The molecule has 0 bridgehead atoms. The van der Waals surface area contributed by atoms with Gasteiger partial charge in [0.2, 0.25) is 0 Å². The maximum atomic E-state index is 12.1. The van der Waals surface area contributed by atoms with E-state index in [2.05, 4.69) is 22.4 Å². The van der Waals surface area contributed by atoms with Crippen LogP contribution in [-0.2, 0) is 11.8 Å². The number of amides is 1. The van der Waals surface area contributed by atoms with Crippen molar-refractivity contribution in [3.8, 4) is 11.1 Å². The summed E-state index contributed by atoms with van der Waals surface area (Å²) in [5.74, 6) is -0.0304. The molecule has 0 saturated carbocycles. The van der Waals surface area contributed by atoms with E-state index >= 15 is 0 Å². The van der Waals surface area contributed by atoms with Crippen LogP contribution in [-0.4, -0.2) is 45.1 Å². The van der Waals surface area contributed by atoms with Gasteiger partial charge in [-0.15, -0.1) is 0 Å². The molecule has 1 aliphatic rings. The van der Waals surface area contributed by atoms with Crippen LogP contribution < -0.4 is 5.32 Å². The fraction of sp³-hybridized carbons (Fsp3) is 0.273. The van der Waals surface area contributed by atoms with Crippen molar-refractivity contribution in [2.45, 2.75) is 18.1 Å². The maximum Gasteiger partial charge on any atom is 0.407 e. The lowest BCUT2D eigenvalue weighted by molar-refractivity contribution is 0.0162. The monoisotopic (exact) mass is 393 g/mol. The minimum Gasteiger partial charge on any atom is -0.449 e. The van der Waals surface area contributed by atoms with Crippen LogP contribution in [0.2, 0.25) is 0 Å². The molecule has 2 unspecified atom stereocenters. The van der Waals surface area contributed by atoms with E-state index in [9.17, 15) is 15.0 Å². The van der Waals surface area contributed by atoms with Gasteiger partial charge >= 0.3 is 6.09 Å². The van der Waals surface area contributed by atoms with Crippen molar-refractivity contribution in [3.05, 3.63) is 77.9 Å². The van der Waals surface area contributed by atoms with Gasteiger partial charge in [-0.1, -0.05) is 48.5 Å². The Morgan fingerprint density at radius 2 is 1.76 bits per heavy atom. The number of ether oxygens (including phenoxy) is 1. The van der Waals surface area contributed by atoms with E-state index in [-0.39, 0.29) is 19.1 Å². The van der Waals surface area contributed by atoms with Gasteiger partial charge in [-0.2, -0.15) is 0 Å². The van der Waals surface area contributed by atoms with Gasteiger partial charge < -0.3 is 24.8 Å². The zero-order chi connectivity index (χ0) is 20.4. The number of hydrogen-bond donors (Lipinski definition) is 3. The van der Waals surface area contributed by atoms with Crippen LogP contribution >= 0.6 is 0 Å². The Morgan fingerprint density at radius 3 is 2.34 bits per heavy atom. The largest absolute Gasteiger partial charge is 0.449 e. The number of fused-ring (bicyclic) bond motifs is 3. The molecule has 2 aromatic carbocycles. The van der Waals surface area contributed by atoms with Gasteiger partial charge in [0.1, 0.15) is 18.8 Å². The molecule has 1 aromatic heterocycles. The van der Waals surface area contributed by atoms with Crippen molar-refractivity contribution in [1.29, 1.82) is 0 Å². The summed E-state index contributed by atoms with van der Waals surface area (Å²) in [6, 6.07) is 16.2. The highest BCUT2D eigenvalue weighted by atomic mass is 16.5. The molecule has 4 rings (SSSR count). The molecule has 0 spiro atoms. The Kier molecular flexibility index (Phi) is 5.33. The Morgan fingerprint density at radius 1 is 1.14 bits per heavy atom. The quantitative estimate of drug-likeness (QED) is 0.597. The lowest BCUT2D eigenvalue weighted by Gasteiger charge is -2.18. The number of aryl methyl sites for hydroxylation is 1. The highest BCUT2D eigenvalue weighted by Gasteiger charge is 2.29. The molecule has 0 fully saturated rings. The first-order valence-corrected chi connectivity index (χ1v) is 9.47. The van der Waals surface area contributed by atoms with E-state index in [4.69, 9.17) is 4.74 Å². The summed E-state index contributed by atoms with van der Waals surface area (Å²) in [6.07, 6.45) is 0.125. The van der Waals surface area contributed by atoms with Crippen LogP contribution in [0.25, 0.3) is 11.1 Å². The molecule has 0 radical (unpaired) electrons. The number of nitrogens with one attached hydrogen (secondary N) is 1. The molecule has 29 heavy (non-hydrogen) atoms. The van der Waals surface area contributed by atoms with Crippen molar-refractivity contribution in [2.24, 2.45) is 7.05 Å². The molecular formula is C22H23N3O4. The van der Waals surface area contributed by atoms with Gasteiger partial charge in [-0.05, 0) is 22.3 Å². The highest BCUT2D eigenvalue weighted by Crippen LogP contribution is 2.44. The van der Waals surface area contributed by atoms with Crippen molar-refractivity contribution in [1.82, 2.24) is 14.9 Å². The molecule has 1 amide bonds. The molecule has 1 aliphatic carbocycles. The number of benzene rings is 2. The number of rotatable bonds is 6. The molecule has 0 saturated heterocycles. The van der Waals surface area contributed by atoms with Crippen LogP contribution in [0.1, 0.15) is 28.8 Å². The normalized spacial score (nSPS) is 14.7. The molecule has 150 valence electrons. The summed E-state index contributed by atoms with van der Waals surface area (Å²) in [5, 5.41) is 22.7. The number of aliphatic hydroxyl groups is 2. The van der Waals surface area contributed by atoms with E-state index in [1.54, 1.807) is 17.8 Å². The topological polar surface area (TPSA) is 96.6 Å². The fourth-order valence-corrected chi connectivity index (χ4v) is 3.73. The number of carbonyl (C=O) groups is 1. The Bertz CT molecular complexity index is 971. The summed E-state index contributed by atoms with van der Waals surface area (Å²) in [6.45, 7) is 0.0488. The summed E-state index contributed by atoms with van der Waals surface area (Å²) in [5.41, 5.74) is 4.92. The van der Waals surface area contributed by atoms with Crippen molar-refractivity contribution in [3.63, 3.8) is 0 Å². The van der Waals surface area contributed by atoms with Crippen LogP contribution in [0.3, 0.4) is 0 Å². The first-order valence-electron chi connectivity index (χ1n) is 9.47. The third-order valence-corrected chi connectivity index (χ3v) is 5.19. The number of carbonyl (C=O) groups excluding carboxylic acids is 1. The van der Waals surface area contributed by atoms with Crippen LogP contribution in [0.4, 0.5) is 4.79 Å². The summed E-state index contributed by atoms with van der Waals surface area (Å²) < 4.78 is 7.09. The predicted molar refractivity (Wildman–Crippen MR) is 107 cm³/mol. The first-order chi connectivity index (χ1) is 14.0. The second-order valence-electron chi connectivity index (χ2n) is 7.18. The molecule has 3 aromatic rings. The predicted octanol–water partition coefficient (Wildman–Crippen LogP) is 2.35. The van der Waals surface area contributed by atoms with E-state index < -0.39 is 18.3 Å². The zero-order valence-electron chi connectivity index (χ0n) is 16.0. The van der Waals surface area contributed by atoms with Gasteiger partial charge in [0.05, 0.1) is 12.0 Å². The standard InChI is InChI=1S/C22H23N3O4/c1-25-11-19(24-13-25)21(27)20(26)10-23-22(28)29-12-18-16-8-4-2-6-14(16)15-7-3-5-9-17(15)18/h2-9,11,13,18,20-21,26-27H,10,12H2,1H3,(H,23,28). The summed E-state index contributed by atoms with van der Waals surface area (Å²) >= 11 is 0. The summed E-state index contributed by atoms with van der Waals surface area (Å²) in [7, 11) is 1.77. The zero-order valence-corrected chi connectivity index (χ0v) is 16.0. The summed E-state index contributed by atoms with van der Waals surface area (Å²) in [4.78, 5) is 16.1. The lowest BCUT2D eigenvalue weighted by Crippen LogP contribution is -2.36. The van der Waals surface area contributed by atoms with Crippen molar-refractivity contribution < 1.29 is 19.7 Å². The van der Waals surface area contributed by atoms with Gasteiger partial charge in [0.15, 0.2) is 0 Å². The third kappa shape index (κ3) is 3.87. The highest BCUT2D eigenvalue weighted by molar-refractivity contribution is 5.79. The minimum atomic E-state index is -1.19. The van der Waals surface area contributed by atoms with Crippen molar-refractivity contribution in [2.75, 3.05) is 13.2 Å². The van der Waals surface area contributed by atoms with Gasteiger partial charge in [0, 0.05) is 25.7 Å². The first kappa shape index (κ1) is 19.2. The van der Waals surface area contributed by atoms with Crippen molar-refractivity contribution >= 4 is 6.09 Å². The molecule has 7 heteroatoms. The van der Waals surface area contributed by atoms with E-state index in [1.807, 2.05) is 36.4 Å². The van der Waals surface area contributed by atoms with Crippen LogP contribution in [0, 0.1) is 0 Å². The smallest absolute Gasteiger partial charge is 0.407 e. The molecule has 1 heterocycles. The molecule has 0 aliphatic heterocycles. The number of alkyl carbamates (subject to hydrolysis) is 1. The van der Waals surface area contributed by atoms with E-state index in [0.717, 1.165) is 22.3 Å². The SMILES string of the molecule is Cn1cnc(C(O)C(O)CNC(=O)OCC2c3ccccc3-c3ccccc32)c1. The van der Waals surface area contributed by atoms with Crippen LogP contribution in [0.5, 0.6) is 0 Å². The van der Waals surface area contributed by atoms with Gasteiger partial charge in [0.25, 0.3) is 0 Å². The average molecular weight is 393 g/mol. The molecule has 7 nitrogen and oxygen atoms in total. The fourth-order valence-electron chi connectivity index (χ4n) is 3.73. The maximum absolute atomic E-state index is 12.1. The minimum absolute atomic E-state index is 0.0304. The Hall–Kier alpha value is -3.16. The van der Waals surface area contributed by atoms with E-state index in [1.165, 1.54) is 6.33 Å². The number of aromatic nitrogens is 2. The van der Waals surface area contributed by atoms with Gasteiger partial charge in [-0.25, -0.2) is 9.78 Å². The average Bonchev–Trinajstić information content (AvgIpc) is 3.31. The second kappa shape index (κ2) is 8.06. The lowest BCUT2D eigenvalue weighted by atomic mass is 9.98. The second-order valence-corrected chi connectivity index (χ2v) is 7.18. The Labute approximate surface area is 168 Å². The van der Waals surface area contributed by atoms with Gasteiger partial charge in [-0.3, -0.25) is 0 Å². The van der Waals surface area contributed by atoms with Crippen LogP contribution in [0.15, 0.2) is 61.1 Å². The molecule has 3 N–H and O–H groups in total.